The van der Waals surface area contributed by atoms with Gasteiger partial charge in [0.15, 0.2) is 0 Å². The van der Waals surface area contributed by atoms with Crippen molar-refractivity contribution in [2.75, 3.05) is 0 Å². The van der Waals surface area contributed by atoms with E-state index in [4.69, 9.17) is 0 Å². The molecule has 8 aromatic rings. The van der Waals surface area contributed by atoms with Crippen LogP contribution in [-0.2, 0) is 0 Å². The second kappa shape index (κ2) is 6.42. The molecule has 2 aromatic heterocycles. The number of H-pyrrole nitrogens is 4. The zero-order valence-corrected chi connectivity index (χ0v) is 18.2. The van der Waals surface area contributed by atoms with E-state index in [1.54, 1.807) is 0 Å². The topological polar surface area (TPSA) is 63.2 Å². The number of hydrogen-bond donors (Lipinski definition) is 4. The van der Waals surface area contributed by atoms with Crippen molar-refractivity contribution >= 4 is 76.5 Å². The van der Waals surface area contributed by atoms with Crippen molar-refractivity contribution in [2.24, 2.45) is 0 Å². The maximum atomic E-state index is 3.64. The molecule has 34 heavy (non-hydrogen) atoms. The van der Waals surface area contributed by atoms with Gasteiger partial charge >= 0.3 is 0 Å². The molecule has 8 rings (SSSR count). The molecule has 0 aliphatic carbocycles. The predicted molar refractivity (Wildman–Crippen MR) is 144 cm³/mol. The molecule has 0 aliphatic rings. The summed E-state index contributed by atoms with van der Waals surface area (Å²) in [6.45, 7) is 0. The average Bonchev–Trinajstić information content (AvgIpc) is 2.86. The molecule has 0 spiro atoms. The Labute approximate surface area is 193 Å². The molecule has 4 heteroatoms. The normalized spacial score (nSPS) is 12.1. The van der Waals surface area contributed by atoms with Crippen LogP contribution in [-0.4, -0.2) is 19.9 Å². The van der Waals surface area contributed by atoms with Gasteiger partial charge < -0.3 is 19.9 Å². The number of rotatable bonds is 0. The zero-order valence-electron chi connectivity index (χ0n) is 18.2. The third kappa shape index (κ3) is 2.60. The molecule has 2 heterocycles. The van der Waals surface area contributed by atoms with Crippen LogP contribution in [0.1, 0.15) is 0 Å². The molecule has 0 aliphatic heterocycles. The molecule has 160 valence electrons. The summed E-state index contributed by atoms with van der Waals surface area (Å²) in [5.41, 5.74) is 8.76. The molecule has 0 bridgehead atoms. The first-order valence-corrected chi connectivity index (χ1v) is 11.5. The zero-order chi connectivity index (χ0) is 22.2. The fourth-order valence-corrected chi connectivity index (χ4v) is 5.24. The Bertz CT molecular complexity index is 1830. The minimum Gasteiger partial charge on any atom is -0.352 e. The number of fused-ring (bicyclic) bond motifs is 7. The third-order valence-electron chi connectivity index (χ3n) is 6.96. The summed E-state index contributed by atoms with van der Waals surface area (Å²) in [7, 11) is 0. The Morgan fingerprint density at radius 2 is 0.471 bits per heavy atom. The Morgan fingerprint density at radius 3 is 0.706 bits per heavy atom. The van der Waals surface area contributed by atoms with E-state index >= 15 is 0 Å². The molecule has 0 fully saturated rings. The van der Waals surface area contributed by atoms with Crippen LogP contribution in [0.2, 0.25) is 0 Å². The van der Waals surface area contributed by atoms with E-state index < -0.39 is 0 Å². The van der Waals surface area contributed by atoms with Gasteiger partial charge in [0, 0.05) is 0 Å². The fraction of sp³-hybridized carbons (Fsp3) is 0. The predicted octanol–water partition coefficient (Wildman–Crippen LogP) is 8.20. The second-order valence-electron chi connectivity index (χ2n) is 9.13. The van der Waals surface area contributed by atoms with Gasteiger partial charge in [0.1, 0.15) is 0 Å². The van der Waals surface area contributed by atoms with Crippen molar-refractivity contribution in [2.45, 2.75) is 0 Å². The lowest BCUT2D eigenvalue weighted by atomic mass is 10.1. The standard InChI is InChI=1S/C30H20N4/c1-2-6-18-10-24-23(9-17(18)5-1)31-27-13-21-15-29-30(16-22(21)14-28(27)32-24)34-26-12-20-8-4-3-7-19(20)11-25(26)33-29/h1-16,31-34H. The van der Waals surface area contributed by atoms with Gasteiger partial charge in [-0.1, -0.05) is 48.5 Å². The quantitative estimate of drug-likeness (QED) is 0.173. The van der Waals surface area contributed by atoms with E-state index in [1.807, 2.05) is 0 Å². The van der Waals surface area contributed by atoms with Crippen LogP contribution in [0.3, 0.4) is 0 Å². The van der Waals surface area contributed by atoms with Crippen molar-refractivity contribution < 1.29 is 0 Å². The number of hydrogen-bond acceptors (Lipinski definition) is 0. The molecule has 0 unspecified atom stereocenters. The van der Waals surface area contributed by atoms with Gasteiger partial charge in [0.05, 0.1) is 44.1 Å². The fourth-order valence-electron chi connectivity index (χ4n) is 5.24. The molecule has 4 N–H and O–H groups in total. The van der Waals surface area contributed by atoms with Crippen LogP contribution in [0.5, 0.6) is 0 Å². The van der Waals surface area contributed by atoms with Crippen LogP contribution < -0.4 is 0 Å². The molecule has 0 atom stereocenters. The number of aromatic nitrogens is 4. The Balaban J connectivity index is 1.40. The van der Waals surface area contributed by atoms with E-state index in [1.165, 1.54) is 32.3 Å². The van der Waals surface area contributed by atoms with Gasteiger partial charge in [0.25, 0.3) is 0 Å². The van der Waals surface area contributed by atoms with Gasteiger partial charge in [0.2, 0.25) is 0 Å². The summed E-state index contributed by atoms with van der Waals surface area (Å²) in [6.07, 6.45) is 0. The van der Waals surface area contributed by atoms with Crippen molar-refractivity contribution in [1.29, 1.82) is 0 Å². The number of benzene rings is 6. The van der Waals surface area contributed by atoms with Crippen molar-refractivity contribution in [3.8, 4) is 0 Å². The minimum absolute atomic E-state index is 1.09. The lowest BCUT2D eigenvalue weighted by molar-refractivity contribution is 1.40. The average molecular weight is 437 g/mol. The van der Waals surface area contributed by atoms with Gasteiger partial charge in [-0.2, -0.15) is 0 Å². The van der Waals surface area contributed by atoms with Crippen molar-refractivity contribution in [3.05, 3.63) is 97.1 Å². The van der Waals surface area contributed by atoms with Gasteiger partial charge in [-0.3, -0.25) is 0 Å². The Morgan fingerprint density at radius 1 is 0.265 bits per heavy atom. The summed E-state index contributed by atoms with van der Waals surface area (Å²) >= 11 is 0. The Kier molecular flexibility index (Phi) is 3.36. The molecular formula is C30H20N4. The van der Waals surface area contributed by atoms with Crippen LogP contribution >= 0.6 is 0 Å². The molecule has 0 amide bonds. The van der Waals surface area contributed by atoms with E-state index in [0.29, 0.717) is 0 Å². The van der Waals surface area contributed by atoms with Crippen LogP contribution in [0.4, 0.5) is 0 Å². The maximum absolute atomic E-state index is 3.64. The lowest BCUT2D eigenvalue weighted by Crippen LogP contribution is -1.91. The van der Waals surface area contributed by atoms with Crippen molar-refractivity contribution in [1.82, 2.24) is 19.9 Å². The summed E-state index contributed by atoms with van der Waals surface area (Å²) in [5.74, 6) is 0. The highest BCUT2D eigenvalue weighted by molar-refractivity contribution is 6.05. The lowest BCUT2D eigenvalue weighted by Gasteiger charge is -2.10. The summed E-state index contributed by atoms with van der Waals surface area (Å²) < 4.78 is 0. The number of aromatic amines is 4. The van der Waals surface area contributed by atoms with Crippen LogP contribution in [0.25, 0.3) is 76.5 Å². The third-order valence-corrected chi connectivity index (χ3v) is 6.96. The molecular weight excluding hydrogens is 416 g/mol. The summed E-state index contributed by atoms with van der Waals surface area (Å²) in [6, 6.07) is 34.7. The van der Waals surface area contributed by atoms with Crippen LogP contribution in [0.15, 0.2) is 97.1 Å². The minimum atomic E-state index is 1.09. The first-order valence-electron chi connectivity index (χ1n) is 11.5. The van der Waals surface area contributed by atoms with E-state index in [-0.39, 0.29) is 0 Å². The first-order chi connectivity index (χ1) is 16.8. The van der Waals surface area contributed by atoms with Gasteiger partial charge in [-0.05, 0) is 80.8 Å². The second-order valence-corrected chi connectivity index (χ2v) is 9.13. The Hall–Kier alpha value is -4.70. The van der Waals surface area contributed by atoms with E-state index in [9.17, 15) is 0 Å². The molecule has 0 radical (unpaired) electrons. The molecule has 0 saturated heterocycles. The smallest absolute Gasteiger partial charge is 0.0630 e. The monoisotopic (exact) mass is 436 g/mol. The highest BCUT2D eigenvalue weighted by Crippen LogP contribution is 2.29. The highest BCUT2D eigenvalue weighted by Gasteiger charge is 2.07. The summed E-state index contributed by atoms with van der Waals surface area (Å²) in [5, 5.41) is 7.31. The molecule has 6 aromatic carbocycles. The largest absolute Gasteiger partial charge is 0.352 e. The van der Waals surface area contributed by atoms with E-state index in [0.717, 1.165) is 44.1 Å². The number of nitrogens with one attached hydrogen (secondary N) is 4. The maximum Gasteiger partial charge on any atom is 0.0630 e. The van der Waals surface area contributed by atoms with Gasteiger partial charge in [-0.15, -0.1) is 0 Å². The first kappa shape index (κ1) is 17.8. The highest BCUT2D eigenvalue weighted by atomic mass is 14.8. The molecule has 0 saturated carbocycles. The van der Waals surface area contributed by atoms with E-state index in [2.05, 4.69) is 117 Å². The summed E-state index contributed by atoms with van der Waals surface area (Å²) in [4.78, 5) is 14.6. The SMILES string of the molecule is c1ccc2cc3[nH]c4cc5cc6[nH]c7cc8ccccc8cc7[nH]c6cc5cc4[nH]c3cc2c1. The van der Waals surface area contributed by atoms with Gasteiger partial charge in [-0.25, -0.2) is 0 Å². The molecule has 4 nitrogen and oxygen atoms in total. The van der Waals surface area contributed by atoms with Crippen LogP contribution in [0, 0.1) is 0 Å². The van der Waals surface area contributed by atoms with Crippen molar-refractivity contribution in [3.63, 3.8) is 0 Å².